The van der Waals surface area contributed by atoms with E-state index in [2.05, 4.69) is 10.1 Å². The predicted octanol–water partition coefficient (Wildman–Crippen LogP) is 1.53. The summed E-state index contributed by atoms with van der Waals surface area (Å²) in [6.45, 7) is 3.87. The van der Waals surface area contributed by atoms with Gasteiger partial charge in [0.1, 0.15) is 6.61 Å². The summed E-state index contributed by atoms with van der Waals surface area (Å²) < 4.78 is 36.0. The van der Waals surface area contributed by atoms with Crippen molar-refractivity contribution in [1.82, 2.24) is 14.4 Å². The molecule has 0 aromatic carbocycles. The average Bonchev–Trinajstić information content (AvgIpc) is 3.23. The van der Waals surface area contributed by atoms with Gasteiger partial charge in [-0.05, 0) is 38.5 Å². The number of hydrogen-bond acceptors (Lipinski definition) is 6. The topological polar surface area (TPSA) is 85.5 Å². The van der Waals surface area contributed by atoms with Gasteiger partial charge in [-0.1, -0.05) is 5.16 Å². The van der Waals surface area contributed by atoms with E-state index < -0.39 is 10.0 Å². The molecule has 1 aromatic rings. The first-order valence-corrected chi connectivity index (χ1v) is 9.57. The molecule has 0 unspecified atom stereocenters. The van der Waals surface area contributed by atoms with Crippen molar-refractivity contribution in [3.8, 4) is 0 Å². The van der Waals surface area contributed by atoms with Crippen LogP contribution in [0.3, 0.4) is 0 Å². The van der Waals surface area contributed by atoms with Gasteiger partial charge in [-0.2, -0.15) is 4.98 Å². The SMILES string of the molecule is CCS(=O)(=O)N1CCC(c2noc(COCC3CC3)n2)CC1. The summed E-state index contributed by atoms with van der Waals surface area (Å²) >= 11 is 0. The zero-order valence-corrected chi connectivity index (χ0v) is 13.7. The second-order valence-corrected chi connectivity index (χ2v) is 8.34. The van der Waals surface area contributed by atoms with Crippen LogP contribution in [0.2, 0.25) is 0 Å². The number of piperidine rings is 1. The predicted molar refractivity (Wildman–Crippen MR) is 79.7 cm³/mol. The summed E-state index contributed by atoms with van der Waals surface area (Å²) in [6.07, 6.45) is 3.99. The molecule has 2 heterocycles. The quantitative estimate of drug-likeness (QED) is 0.754. The van der Waals surface area contributed by atoms with Crippen LogP contribution in [0.1, 0.15) is 50.2 Å². The van der Waals surface area contributed by atoms with Crippen LogP contribution in [0.25, 0.3) is 0 Å². The van der Waals surface area contributed by atoms with Crippen molar-refractivity contribution >= 4 is 10.0 Å². The first-order chi connectivity index (χ1) is 10.6. The van der Waals surface area contributed by atoms with Gasteiger partial charge in [-0.3, -0.25) is 0 Å². The highest BCUT2D eigenvalue weighted by Crippen LogP contribution is 2.29. The molecule has 2 fully saturated rings. The number of aromatic nitrogens is 2. The molecule has 1 saturated heterocycles. The first-order valence-electron chi connectivity index (χ1n) is 7.96. The van der Waals surface area contributed by atoms with E-state index in [9.17, 15) is 8.42 Å². The Hall–Kier alpha value is -0.990. The van der Waals surface area contributed by atoms with Crippen molar-refractivity contribution in [3.05, 3.63) is 11.7 Å². The van der Waals surface area contributed by atoms with E-state index in [0.29, 0.717) is 37.3 Å². The molecule has 0 spiro atoms. The van der Waals surface area contributed by atoms with Crippen LogP contribution in [0.15, 0.2) is 4.52 Å². The monoisotopic (exact) mass is 329 g/mol. The van der Waals surface area contributed by atoms with E-state index >= 15 is 0 Å². The number of ether oxygens (including phenoxy) is 1. The Kier molecular flexibility index (Phi) is 4.79. The van der Waals surface area contributed by atoms with Gasteiger partial charge in [0, 0.05) is 19.0 Å². The third kappa shape index (κ3) is 3.85. The summed E-state index contributed by atoms with van der Waals surface area (Å²) in [5.41, 5.74) is 0. The Balaban J connectivity index is 1.49. The molecule has 2 aliphatic rings. The Labute approximate surface area is 131 Å². The fourth-order valence-electron chi connectivity index (χ4n) is 2.66. The number of nitrogens with zero attached hydrogens (tertiary/aromatic N) is 3. The molecular weight excluding hydrogens is 306 g/mol. The van der Waals surface area contributed by atoms with Gasteiger partial charge in [-0.15, -0.1) is 0 Å². The molecule has 0 amide bonds. The lowest BCUT2D eigenvalue weighted by atomic mass is 9.98. The maximum Gasteiger partial charge on any atom is 0.252 e. The maximum atomic E-state index is 11.8. The van der Waals surface area contributed by atoms with Crippen molar-refractivity contribution in [3.63, 3.8) is 0 Å². The maximum absolute atomic E-state index is 11.8. The molecule has 0 N–H and O–H groups in total. The number of hydrogen-bond donors (Lipinski definition) is 0. The number of sulfonamides is 1. The molecule has 1 aromatic heterocycles. The summed E-state index contributed by atoms with van der Waals surface area (Å²) in [4.78, 5) is 4.39. The molecule has 1 aliphatic carbocycles. The molecular formula is C14H23N3O4S. The minimum absolute atomic E-state index is 0.155. The molecule has 0 atom stereocenters. The molecule has 22 heavy (non-hydrogen) atoms. The first kappa shape index (κ1) is 15.9. The van der Waals surface area contributed by atoms with Gasteiger partial charge in [0.2, 0.25) is 10.0 Å². The van der Waals surface area contributed by atoms with Crippen molar-refractivity contribution in [2.24, 2.45) is 5.92 Å². The third-order valence-electron chi connectivity index (χ3n) is 4.34. The van der Waals surface area contributed by atoms with Gasteiger partial charge in [0.25, 0.3) is 5.89 Å². The van der Waals surface area contributed by atoms with E-state index in [-0.39, 0.29) is 11.7 Å². The third-order valence-corrected chi connectivity index (χ3v) is 6.22. The summed E-state index contributed by atoms with van der Waals surface area (Å²) in [5, 5.41) is 4.03. The van der Waals surface area contributed by atoms with Gasteiger partial charge in [-0.25, -0.2) is 12.7 Å². The van der Waals surface area contributed by atoms with Crippen LogP contribution in [0.4, 0.5) is 0 Å². The summed E-state index contributed by atoms with van der Waals surface area (Å²) in [5.74, 6) is 2.23. The van der Waals surface area contributed by atoms with Gasteiger partial charge >= 0.3 is 0 Å². The second-order valence-electron chi connectivity index (χ2n) is 6.08. The number of rotatable bonds is 7. The van der Waals surface area contributed by atoms with Crippen molar-refractivity contribution in [1.29, 1.82) is 0 Å². The van der Waals surface area contributed by atoms with Crippen molar-refractivity contribution in [2.45, 2.75) is 45.1 Å². The van der Waals surface area contributed by atoms with Crippen LogP contribution < -0.4 is 0 Å². The molecule has 7 nitrogen and oxygen atoms in total. The highest BCUT2D eigenvalue weighted by molar-refractivity contribution is 7.89. The molecule has 1 aliphatic heterocycles. The van der Waals surface area contributed by atoms with E-state index in [1.807, 2.05) is 0 Å². The van der Waals surface area contributed by atoms with Crippen LogP contribution >= 0.6 is 0 Å². The summed E-state index contributed by atoms with van der Waals surface area (Å²) in [7, 11) is -3.09. The Morgan fingerprint density at radius 1 is 1.27 bits per heavy atom. The second kappa shape index (κ2) is 6.64. The molecule has 124 valence electrons. The fourth-order valence-corrected chi connectivity index (χ4v) is 3.80. The lowest BCUT2D eigenvalue weighted by Crippen LogP contribution is -2.38. The highest BCUT2D eigenvalue weighted by atomic mass is 32.2. The van der Waals surface area contributed by atoms with Gasteiger partial charge in [0.05, 0.1) is 12.4 Å². The van der Waals surface area contributed by atoms with Crippen LogP contribution in [-0.4, -0.2) is 48.3 Å². The van der Waals surface area contributed by atoms with Crippen LogP contribution in [0, 0.1) is 5.92 Å². The van der Waals surface area contributed by atoms with Crippen molar-refractivity contribution < 1.29 is 17.7 Å². The average molecular weight is 329 g/mol. The normalized spacial score (nSPS) is 21.3. The van der Waals surface area contributed by atoms with E-state index in [4.69, 9.17) is 9.26 Å². The Morgan fingerprint density at radius 2 is 2.00 bits per heavy atom. The van der Waals surface area contributed by atoms with Crippen LogP contribution in [-0.2, 0) is 21.4 Å². The largest absolute Gasteiger partial charge is 0.371 e. The molecule has 0 radical (unpaired) electrons. The molecule has 8 heteroatoms. The standard InChI is InChI=1S/C14H23N3O4S/c1-2-22(18,19)17-7-5-12(6-8-17)14-15-13(21-16-14)10-20-9-11-3-4-11/h11-12H,2-10H2,1H3. The van der Waals surface area contributed by atoms with E-state index in [1.165, 1.54) is 12.8 Å². The minimum atomic E-state index is -3.09. The lowest BCUT2D eigenvalue weighted by Gasteiger charge is -2.29. The zero-order valence-electron chi connectivity index (χ0n) is 12.9. The van der Waals surface area contributed by atoms with Gasteiger partial charge < -0.3 is 9.26 Å². The Morgan fingerprint density at radius 3 is 2.64 bits per heavy atom. The minimum Gasteiger partial charge on any atom is -0.371 e. The lowest BCUT2D eigenvalue weighted by molar-refractivity contribution is 0.0894. The summed E-state index contributed by atoms with van der Waals surface area (Å²) in [6, 6.07) is 0. The van der Waals surface area contributed by atoms with Crippen LogP contribution in [0.5, 0.6) is 0 Å². The fraction of sp³-hybridized carbons (Fsp3) is 0.857. The van der Waals surface area contributed by atoms with Crippen molar-refractivity contribution in [2.75, 3.05) is 25.4 Å². The van der Waals surface area contributed by atoms with E-state index in [1.54, 1.807) is 11.2 Å². The molecule has 1 saturated carbocycles. The zero-order chi connectivity index (χ0) is 15.6. The smallest absolute Gasteiger partial charge is 0.252 e. The molecule has 0 bridgehead atoms. The Bertz CT molecular complexity index is 589. The molecule has 3 rings (SSSR count). The highest BCUT2D eigenvalue weighted by Gasteiger charge is 2.29. The van der Waals surface area contributed by atoms with Gasteiger partial charge in [0.15, 0.2) is 5.82 Å². The van der Waals surface area contributed by atoms with E-state index in [0.717, 1.165) is 19.4 Å².